The Bertz CT molecular complexity index is 651. The minimum atomic E-state index is -0.444. The summed E-state index contributed by atoms with van der Waals surface area (Å²) in [5.41, 5.74) is 0.693. The third-order valence-corrected chi connectivity index (χ3v) is 2.90. The molecule has 4 N–H and O–H groups in total. The van der Waals surface area contributed by atoms with Crippen LogP contribution in [0, 0.1) is 0 Å². The smallest absolute Gasteiger partial charge is 0.251 e. The van der Waals surface area contributed by atoms with Crippen molar-refractivity contribution in [2.75, 3.05) is 13.1 Å². The van der Waals surface area contributed by atoms with Crippen LogP contribution in [0.25, 0.3) is 0 Å². The molecule has 0 saturated heterocycles. The molecule has 6 heteroatoms. The fourth-order valence-corrected chi connectivity index (χ4v) is 1.87. The maximum atomic E-state index is 11.8. The van der Waals surface area contributed by atoms with Gasteiger partial charge in [-0.25, -0.2) is 0 Å². The van der Waals surface area contributed by atoms with E-state index in [0.717, 1.165) is 6.07 Å². The lowest BCUT2D eigenvalue weighted by molar-refractivity contribution is 0.0927. The summed E-state index contributed by atoms with van der Waals surface area (Å²) in [6.45, 7) is 0.498. The predicted octanol–water partition coefficient (Wildman–Crippen LogP) is 1.26. The van der Waals surface area contributed by atoms with E-state index in [1.165, 1.54) is 12.1 Å². The average molecular weight is 300 g/mol. The molecule has 0 aromatic heterocycles. The zero-order valence-corrected chi connectivity index (χ0v) is 11.7. The van der Waals surface area contributed by atoms with Gasteiger partial charge in [-0.15, -0.1) is 0 Å². The van der Waals surface area contributed by atoms with Gasteiger partial charge < -0.3 is 20.8 Å². The highest BCUT2D eigenvalue weighted by Crippen LogP contribution is 2.20. The summed E-state index contributed by atoms with van der Waals surface area (Å²) in [6, 6.07) is 12.4. The molecule has 0 aliphatic heterocycles. The molecule has 2 aromatic carbocycles. The molecule has 0 aliphatic rings. The number of aromatic hydroxyl groups is 2. The molecule has 2 aromatic rings. The molecule has 0 spiro atoms. The zero-order chi connectivity index (χ0) is 15.9. The van der Waals surface area contributed by atoms with Gasteiger partial charge >= 0.3 is 0 Å². The van der Waals surface area contributed by atoms with Crippen molar-refractivity contribution in [2.45, 2.75) is 0 Å². The molecule has 0 aliphatic carbocycles. The Hall–Kier alpha value is -3.02. The number of hydrogen-bond acceptors (Lipinski definition) is 4. The molecule has 0 saturated carbocycles. The lowest BCUT2D eigenvalue weighted by atomic mass is 10.2. The molecule has 0 atom stereocenters. The number of nitrogens with one attached hydrogen (secondary N) is 2. The van der Waals surface area contributed by atoms with Gasteiger partial charge in [-0.1, -0.05) is 18.2 Å². The quantitative estimate of drug-likeness (QED) is 0.625. The minimum Gasteiger partial charge on any atom is -0.508 e. The Morgan fingerprint density at radius 2 is 1.27 bits per heavy atom. The number of phenols is 2. The molecule has 0 heterocycles. The first-order chi connectivity index (χ1) is 10.6. The van der Waals surface area contributed by atoms with Gasteiger partial charge in [-0.3, -0.25) is 9.59 Å². The standard InChI is InChI=1S/C16H16N2O4/c19-13-8-12(9-14(20)10-13)16(22)18-7-6-17-15(21)11-4-2-1-3-5-11/h1-5,8-10,19-20H,6-7H2,(H,17,21)(H,18,22). The van der Waals surface area contributed by atoms with Crippen LogP contribution in [0.4, 0.5) is 0 Å². The van der Waals surface area contributed by atoms with Crippen LogP contribution in [-0.4, -0.2) is 35.1 Å². The first kappa shape index (κ1) is 15.4. The Kier molecular flexibility index (Phi) is 4.98. The first-order valence-corrected chi connectivity index (χ1v) is 6.71. The van der Waals surface area contributed by atoms with Gasteiger partial charge in [0.05, 0.1) is 0 Å². The molecule has 0 bridgehead atoms. The van der Waals surface area contributed by atoms with Crippen LogP contribution in [0.5, 0.6) is 11.5 Å². The van der Waals surface area contributed by atoms with E-state index in [1.807, 2.05) is 6.07 Å². The number of carbonyl (C=O) groups is 2. The topological polar surface area (TPSA) is 98.7 Å². The maximum absolute atomic E-state index is 11.8. The molecule has 0 unspecified atom stereocenters. The molecule has 6 nitrogen and oxygen atoms in total. The summed E-state index contributed by atoms with van der Waals surface area (Å²) in [4.78, 5) is 23.6. The molecule has 22 heavy (non-hydrogen) atoms. The zero-order valence-electron chi connectivity index (χ0n) is 11.7. The van der Waals surface area contributed by atoms with Crippen LogP contribution >= 0.6 is 0 Å². The lowest BCUT2D eigenvalue weighted by Gasteiger charge is -2.08. The molecule has 2 rings (SSSR count). The van der Waals surface area contributed by atoms with Crippen LogP contribution in [0.3, 0.4) is 0 Å². The predicted molar refractivity (Wildman–Crippen MR) is 80.9 cm³/mol. The van der Waals surface area contributed by atoms with Gasteiger partial charge in [0.2, 0.25) is 0 Å². The van der Waals surface area contributed by atoms with Crippen molar-refractivity contribution in [1.82, 2.24) is 10.6 Å². The minimum absolute atomic E-state index is 0.145. The van der Waals surface area contributed by atoms with E-state index in [0.29, 0.717) is 5.56 Å². The van der Waals surface area contributed by atoms with Crippen LogP contribution in [0.15, 0.2) is 48.5 Å². The summed E-state index contributed by atoms with van der Waals surface area (Å²) < 4.78 is 0. The first-order valence-electron chi connectivity index (χ1n) is 6.71. The van der Waals surface area contributed by atoms with Crippen molar-refractivity contribution in [3.05, 3.63) is 59.7 Å². The largest absolute Gasteiger partial charge is 0.508 e. The Morgan fingerprint density at radius 3 is 1.82 bits per heavy atom. The van der Waals surface area contributed by atoms with Crippen LogP contribution < -0.4 is 10.6 Å². The number of hydrogen-bond donors (Lipinski definition) is 4. The Morgan fingerprint density at radius 1 is 0.773 bits per heavy atom. The monoisotopic (exact) mass is 300 g/mol. The van der Waals surface area contributed by atoms with Crippen LogP contribution in [0.2, 0.25) is 0 Å². The van der Waals surface area contributed by atoms with Gasteiger partial charge in [-0.2, -0.15) is 0 Å². The van der Waals surface area contributed by atoms with Gasteiger partial charge in [0.15, 0.2) is 0 Å². The second kappa shape index (κ2) is 7.12. The second-order valence-electron chi connectivity index (χ2n) is 4.62. The van der Waals surface area contributed by atoms with Crippen LogP contribution in [0.1, 0.15) is 20.7 Å². The average Bonchev–Trinajstić information content (AvgIpc) is 2.51. The number of rotatable bonds is 5. The fourth-order valence-electron chi connectivity index (χ4n) is 1.87. The SMILES string of the molecule is O=C(NCCNC(=O)c1cc(O)cc(O)c1)c1ccccc1. The van der Waals surface area contributed by atoms with Crippen molar-refractivity contribution in [3.8, 4) is 11.5 Å². The molecule has 114 valence electrons. The van der Waals surface area contributed by atoms with E-state index < -0.39 is 5.91 Å². The van der Waals surface area contributed by atoms with Gasteiger partial charge in [0.1, 0.15) is 11.5 Å². The highest BCUT2D eigenvalue weighted by atomic mass is 16.3. The van der Waals surface area contributed by atoms with Crippen molar-refractivity contribution in [2.24, 2.45) is 0 Å². The van der Waals surface area contributed by atoms with Gasteiger partial charge in [-0.05, 0) is 24.3 Å². The highest BCUT2D eigenvalue weighted by molar-refractivity contribution is 5.95. The van der Waals surface area contributed by atoms with Crippen molar-refractivity contribution in [1.29, 1.82) is 0 Å². The van der Waals surface area contributed by atoms with Crippen molar-refractivity contribution >= 4 is 11.8 Å². The molecular formula is C16H16N2O4. The summed E-state index contributed by atoms with van der Waals surface area (Å²) >= 11 is 0. The number of amides is 2. The van der Waals surface area contributed by atoms with E-state index in [4.69, 9.17) is 0 Å². The van der Waals surface area contributed by atoms with E-state index in [1.54, 1.807) is 24.3 Å². The Balaban J connectivity index is 1.79. The van der Waals surface area contributed by atoms with E-state index in [9.17, 15) is 19.8 Å². The molecule has 0 radical (unpaired) electrons. The summed E-state index contributed by atoms with van der Waals surface area (Å²) in [5.74, 6) is -1.05. The highest BCUT2D eigenvalue weighted by Gasteiger charge is 2.08. The number of carbonyl (C=O) groups excluding carboxylic acids is 2. The van der Waals surface area contributed by atoms with Crippen molar-refractivity contribution in [3.63, 3.8) is 0 Å². The van der Waals surface area contributed by atoms with Gasteiger partial charge in [0, 0.05) is 30.3 Å². The third-order valence-electron chi connectivity index (χ3n) is 2.90. The van der Waals surface area contributed by atoms with Crippen molar-refractivity contribution < 1.29 is 19.8 Å². The van der Waals surface area contributed by atoms with E-state index in [2.05, 4.69) is 10.6 Å². The third kappa shape index (κ3) is 4.24. The number of benzene rings is 2. The normalized spacial score (nSPS) is 10.0. The molecular weight excluding hydrogens is 284 g/mol. The number of phenolic OH excluding ortho intramolecular Hbond substituents is 2. The van der Waals surface area contributed by atoms with E-state index in [-0.39, 0.29) is 36.1 Å². The van der Waals surface area contributed by atoms with E-state index >= 15 is 0 Å². The summed E-state index contributed by atoms with van der Waals surface area (Å²) in [7, 11) is 0. The van der Waals surface area contributed by atoms with Gasteiger partial charge in [0.25, 0.3) is 11.8 Å². The fraction of sp³-hybridized carbons (Fsp3) is 0.125. The summed E-state index contributed by atoms with van der Waals surface area (Å²) in [5, 5.41) is 23.9. The summed E-state index contributed by atoms with van der Waals surface area (Å²) in [6.07, 6.45) is 0. The van der Waals surface area contributed by atoms with Crippen LogP contribution in [-0.2, 0) is 0 Å². The second-order valence-corrected chi connectivity index (χ2v) is 4.62. The molecule has 0 fully saturated rings. The molecule has 2 amide bonds. The Labute approximate surface area is 127 Å². The lowest BCUT2D eigenvalue weighted by Crippen LogP contribution is -2.34. The maximum Gasteiger partial charge on any atom is 0.251 e.